The van der Waals surface area contributed by atoms with Gasteiger partial charge < -0.3 is 18.6 Å². The van der Waals surface area contributed by atoms with Crippen LogP contribution >= 0.6 is 0 Å². The molecule has 1 aromatic carbocycles. The van der Waals surface area contributed by atoms with E-state index < -0.39 is 6.29 Å². The number of carbonyl (C=O) groups excluding carboxylic acids is 1. The van der Waals surface area contributed by atoms with Gasteiger partial charge in [0.15, 0.2) is 5.76 Å². The highest BCUT2D eigenvalue weighted by Gasteiger charge is 2.24. The molecule has 3 heterocycles. The number of cyclic esters (lactones) is 1. The van der Waals surface area contributed by atoms with Gasteiger partial charge in [-0.1, -0.05) is 6.07 Å². The van der Waals surface area contributed by atoms with Crippen molar-refractivity contribution in [2.45, 2.75) is 12.9 Å². The molecule has 0 spiro atoms. The first-order valence-corrected chi connectivity index (χ1v) is 6.44. The van der Waals surface area contributed by atoms with Crippen molar-refractivity contribution < 1.29 is 23.4 Å². The molecule has 0 bridgehead atoms. The highest BCUT2D eigenvalue weighted by molar-refractivity contribution is 5.94. The van der Waals surface area contributed by atoms with Crippen molar-refractivity contribution in [3.63, 3.8) is 0 Å². The van der Waals surface area contributed by atoms with Crippen LogP contribution < -0.4 is 0 Å². The van der Waals surface area contributed by atoms with Crippen molar-refractivity contribution in [3.05, 3.63) is 47.2 Å². The first-order chi connectivity index (χ1) is 9.81. The molecule has 1 aromatic heterocycles. The number of ether oxygens (including phenoxy) is 3. The summed E-state index contributed by atoms with van der Waals surface area (Å²) in [4.78, 5) is 11.4. The van der Waals surface area contributed by atoms with E-state index in [4.69, 9.17) is 18.6 Å². The Labute approximate surface area is 115 Å². The Balaban J connectivity index is 1.66. The number of carbonyl (C=O) groups is 1. The Morgan fingerprint density at radius 1 is 1.05 bits per heavy atom. The third kappa shape index (κ3) is 1.83. The van der Waals surface area contributed by atoms with Crippen molar-refractivity contribution >= 4 is 5.97 Å². The second-order valence-electron chi connectivity index (χ2n) is 4.72. The lowest BCUT2D eigenvalue weighted by atomic mass is 10.0. The maximum atomic E-state index is 11.4. The fraction of sp³-hybridized carbons (Fsp3) is 0.267. The quantitative estimate of drug-likeness (QED) is 0.787. The summed E-state index contributed by atoms with van der Waals surface area (Å²) in [5, 5.41) is 0. The second kappa shape index (κ2) is 4.47. The number of hydrogen-bond acceptors (Lipinski definition) is 5. The zero-order valence-corrected chi connectivity index (χ0v) is 10.6. The van der Waals surface area contributed by atoms with E-state index in [1.165, 1.54) is 0 Å². The van der Waals surface area contributed by atoms with Gasteiger partial charge in [0.2, 0.25) is 6.29 Å². The number of hydrogen-bond donors (Lipinski definition) is 0. The molecule has 0 aliphatic carbocycles. The molecule has 2 aliphatic heterocycles. The lowest BCUT2D eigenvalue weighted by Crippen LogP contribution is -1.95. The molecular formula is C15H12O5. The lowest BCUT2D eigenvalue weighted by Gasteiger charge is -2.04. The SMILES string of the molecule is O=C1OCc2cc(-c3ccc(C4OCCO4)o3)ccc21. The van der Waals surface area contributed by atoms with Gasteiger partial charge in [-0.25, -0.2) is 4.79 Å². The maximum absolute atomic E-state index is 11.4. The minimum atomic E-state index is -0.414. The van der Waals surface area contributed by atoms with Crippen LogP contribution in [0.15, 0.2) is 34.7 Å². The van der Waals surface area contributed by atoms with Gasteiger partial charge in [-0.3, -0.25) is 0 Å². The van der Waals surface area contributed by atoms with Crippen LogP contribution in [0.3, 0.4) is 0 Å². The van der Waals surface area contributed by atoms with Gasteiger partial charge >= 0.3 is 5.97 Å². The van der Waals surface area contributed by atoms with Crippen LogP contribution in [0.5, 0.6) is 0 Å². The average Bonchev–Trinajstić information content (AvgIpc) is 3.18. The van der Waals surface area contributed by atoms with Crippen LogP contribution in [0.1, 0.15) is 28.0 Å². The Kier molecular flexibility index (Phi) is 2.61. The summed E-state index contributed by atoms with van der Waals surface area (Å²) in [6.45, 7) is 1.49. The Hall–Kier alpha value is -2.11. The van der Waals surface area contributed by atoms with Gasteiger partial charge in [0, 0.05) is 11.1 Å². The van der Waals surface area contributed by atoms with E-state index in [1.54, 1.807) is 6.07 Å². The molecule has 20 heavy (non-hydrogen) atoms. The third-order valence-electron chi connectivity index (χ3n) is 3.45. The zero-order chi connectivity index (χ0) is 13.5. The zero-order valence-electron chi connectivity index (χ0n) is 10.6. The van der Waals surface area contributed by atoms with Gasteiger partial charge in [0.05, 0.1) is 18.8 Å². The standard InChI is InChI=1S/C15H12O5/c16-14-11-2-1-9(7-10(11)8-19-14)12-3-4-13(20-12)15-17-5-6-18-15/h1-4,7,15H,5-6,8H2. The van der Waals surface area contributed by atoms with Crippen molar-refractivity contribution in [1.29, 1.82) is 0 Å². The smallest absolute Gasteiger partial charge is 0.338 e. The average molecular weight is 272 g/mol. The lowest BCUT2D eigenvalue weighted by molar-refractivity contribution is -0.0585. The highest BCUT2D eigenvalue weighted by Crippen LogP contribution is 2.31. The van der Waals surface area contributed by atoms with Crippen LogP contribution in [0, 0.1) is 0 Å². The molecule has 0 N–H and O–H groups in total. The van der Waals surface area contributed by atoms with E-state index >= 15 is 0 Å². The van der Waals surface area contributed by atoms with Crippen molar-refractivity contribution in [2.24, 2.45) is 0 Å². The summed E-state index contributed by atoms with van der Waals surface area (Å²) in [6, 6.07) is 9.26. The van der Waals surface area contributed by atoms with E-state index in [1.807, 2.05) is 24.3 Å². The van der Waals surface area contributed by atoms with E-state index in [9.17, 15) is 4.79 Å². The topological polar surface area (TPSA) is 57.9 Å². The molecule has 0 radical (unpaired) electrons. The summed E-state index contributed by atoms with van der Waals surface area (Å²) in [5.41, 5.74) is 2.42. The van der Waals surface area contributed by atoms with Crippen LogP contribution in [-0.2, 0) is 20.8 Å². The Morgan fingerprint density at radius 3 is 2.75 bits per heavy atom. The number of rotatable bonds is 2. The van der Waals surface area contributed by atoms with Gasteiger partial charge in [-0.05, 0) is 24.3 Å². The van der Waals surface area contributed by atoms with Crippen LogP contribution in [0.2, 0.25) is 0 Å². The molecule has 1 fully saturated rings. The van der Waals surface area contributed by atoms with Crippen molar-refractivity contribution in [3.8, 4) is 11.3 Å². The van der Waals surface area contributed by atoms with Crippen molar-refractivity contribution in [2.75, 3.05) is 13.2 Å². The summed E-state index contributed by atoms with van der Waals surface area (Å²) in [5.74, 6) is 1.12. The normalized spacial score (nSPS) is 18.3. The number of furan rings is 1. The molecule has 102 valence electrons. The van der Waals surface area contributed by atoms with E-state index in [0.717, 1.165) is 16.9 Å². The molecule has 2 aliphatic rings. The highest BCUT2D eigenvalue weighted by atomic mass is 16.7. The predicted molar refractivity (Wildman–Crippen MR) is 67.9 cm³/mol. The maximum Gasteiger partial charge on any atom is 0.338 e. The van der Waals surface area contributed by atoms with E-state index in [-0.39, 0.29) is 5.97 Å². The molecule has 5 heteroatoms. The Morgan fingerprint density at radius 2 is 1.90 bits per heavy atom. The minimum absolute atomic E-state index is 0.264. The molecule has 0 amide bonds. The Bertz CT molecular complexity index is 667. The van der Waals surface area contributed by atoms with Gasteiger partial charge in [-0.2, -0.15) is 0 Å². The van der Waals surface area contributed by atoms with Gasteiger partial charge in [-0.15, -0.1) is 0 Å². The molecule has 4 rings (SSSR count). The van der Waals surface area contributed by atoms with Gasteiger partial charge in [0.25, 0.3) is 0 Å². The number of esters is 1. The first kappa shape index (κ1) is 11.7. The molecule has 1 saturated heterocycles. The van der Waals surface area contributed by atoms with E-state index in [0.29, 0.717) is 31.1 Å². The van der Waals surface area contributed by atoms with E-state index in [2.05, 4.69) is 0 Å². The first-order valence-electron chi connectivity index (χ1n) is 6.44. The second-order valence-corrected chi connectivity index (χ2v) is 4.72. The predicted octanol–water partition coefficient (Wildman–Crippen LogP) is 2.66. The van der Waals surface area contributed by atoms with Gasteiger partial charge in [0.1, 0.15) is 12.4 Å². The summed E-state index contributed by atoms with van der Waals surface area (Å²) in [6.07, 6.45) is -0.414. The summed E-state index contributed by atoms with van der Waals surface area (Å²) < 4.78 is 21.5. The largest absolute Gasteiger partial charge is 0.457 e. The summed E-state index contributed by atoms with van der Waals surface area (Å²) >= 11 is 0. The molecule has 5 nitrogen and oxygen atoms in total. The molecule has 0 unspecified atom stereocenters. The van der Waals surface area contributed by atoms with Crippen LogP contribution in [0.4, 0.5) is 0 Å². The monoisotopic (exact) mass is 272 g/mol. The molecule has 0 saturated carbocycles. The fourth-order valence-electron chi connectivity index (χ4n) is 2.44. The van der Waals surface area contributed by atoms with Crippen LogP contribution in [-0.4, -0.2) is 19.2 Å². The summed E-state index contributed by atoms with van der Waals surface area (Å²) in [7, 11) is 0. The minimum Gasteiger partial charge on any atom is -0.457 e. The molecule has 0 atom stereocenters. The molecular weight excluding hydrogens is 260 g/mol. The molecule has 2 aromatic rings. The van der Waals surface area contributed by atoms with Crippen molar-refractivity contribution in [1.82, 2.24) is 0 Å². The number of benzene rings is 1. The number of fused-ring (bicyclic) bond motifs is 1. The fourth-order valence-corrected chi connectivity index (χ4v) is 2.44. The third-order valence-corrected chi connectivity index (χ3v) is 3.45. The van der Waals surface area contributed by atoms with Crippen LogP contribution in [0.25, 0.3) is 11.3 Å².